The van der Waals surface area contributed by atoms with Crippen LogP contribution in [0.3, 0.4) is 0 Å². The van der Waals surface area contributed by atoms with Crippen LogP contribution < -0.4 is 14.2 Å². The van der Waals surface area contributed by atoms with Crippen LogP contribution in [0.4, 0.5) is 0 Å². The van der Waals surface area contributed by atoms with Crippen LogP contribution in [0.1, 0.15) is 0 Å². The lowest BCUT2D eigenvalue weighted by Crippen LogP contribution is -1.95. The van der Waals surface area contributed by atoms with Gasteiger partial charge in [-0.2, -0.15) is 4.37 Å². The van der Waals surface area contributed by atoms with E-state index in [1.165, 1.54) is 11.5 Å². The van der Waals surface area contributed by atoms with Crippen molar-refractivity contribution < 1.29 is 14.2 Å². The Labute approximate surface area is 171 Å². The van der Waals surface area contributed by atoms with Gasteiger partial charge >= 0.3 is 0 Å². The van der Waals surface area contributed by atoms with E-state index in [-0.39, 0.29) is 0 Å². The molecule has 0 N–H and O–H groups in total. The Bertz CT molecular complexity index is 1110. The van der Waals surface area contributed by atoms with E-state index in [9.17, 15) is 0 Å². The molecule has 0 atom stereocenters. The largest absolute Gasteiger partial charge is 0.493 e. The van der Waals surface area contributed by atoms with E-state index in [4.69, 9.17) is 14.2 Å². The zero-order valence-corrected chi connectivity index (χ0v) is 17.2. The van der Waals surface area contributed by atoms with Gasteiger partial charge in [0.15, 0.2) is 17.3 Å². The van der Waals surface area contributed by atoms with Gasteiger partial charge in [-0.3, -0.25) is 0 Å². The van der Waals surface area contributed by atoms with Crippen molar-refractivity contribution >= 4 is 11.5 Å². The van der Waals surface area contributed by atoms with Gasteiger partial charge in [-0.1, -0.05) is 24.3 Å². The Morgan fingerprint density at radius 2 is 1.52 bits per heavy atom. The van der Waals surface area contributed by atoms with Crippen LogP contribution in [0.25, 0.3) is 33.0 Å². The number of rotatable bonds is 6. The van der Waals surface area contributed by atoms with E-state index in [0.29, 0.717) is 23.1 Å². The normalized spacial score (nSPS) is 10.8. The Hall–Kier alpha value is -3.46. The average molecular weight is 409 g/mol. The summed E-state index contributed by atoms with van der Waals surface area (Å²) in [7, 11) is 6.62. The van der Waals surface area contributed by atoms with Crippen molar-refractivity contribution in [1.29, 1.82) is 0 Å². The summed E-state index contributed by atoms with van der Waals surface area (Å²) in [5, 5.41) is 11.6. The lowest BCUT2D eigenvalue weighted by atomic mass is 10.0. The number of hydrogen-bond donors (Lipinski definition) is 0. The first-order chi connectivity index (χ1) is 14.2. The van der Waals surface area contributed by atoms with E-state index < -0.39 is 0 Å². The van der Waals surface area contributed by atoms with Crippen LogP contribution in [0.5, 0.6) is 17.2 Å². The third-order valence-corrected chi connectivity index (χ3v) is 5.42. The van der Waals surface area contributed by atoms with Crippen molar-refractivity contribution in [2.24, 2.45) is 7.05 Å². The fourth-order valence-corrected chi connectivity index (χ4v) is 3.89. The third-order valence-electron chi connectivity index (χ3n) is 4.57. The third kappa shape index (κ3) is 3.40. The summed E-state index contributed by atoms with van der Waals surface area (Å²) < 4.78 is 22.5. The van der Waals surface area contributed by atoms with Gasteiger partial charge in [0.2, 0.25) is 5.75 Å². The number of aromatic nitrogens is 5. The second kappa shape index (κ2) is 7.88. The van der Waals surface area contributed by atoms with Gasteiger partial charge in [0.05, 0.1) is 26.2 Å². The van der Waals surface area contributed by atoms with E-state index in [0.717, 1.165) is 27.1 Å². The minimum absolute atomic E-state index is 0.562. The molecule has 9 heteroatoms. The number of methoxy groups -OCH3 is 3. The molecule has 0 radical (unpaired) electrons. The molecule has 0 unspecified atom stereocenters. The Kier molecular flexibility index (Phi) is 5.13. The molecular weight excluding hydrogens is 390 g/mol. The number of aryl methyl sites for hydroxylation is 1. The number of nitrogens with zero attached hydrogens (tertiary/aromatic N) is 5. The van der Waals surface area contributed by atoms with Crippen molar-refractivity contribution in [1.82, 2.24) is 24.6 Å². The quantitative estimate of drug-likeness (QED) is 0.480. The fourth-order valence-electron chi connectivity index (χ4n) is 3.14. The first-order valence-electron chi connectivity index (χ1n) is 8.74. The van der Waals surface area contributed by atoms with E-state index in [1.807, 2.05) is 49.6 Å². The molecule has 0 aliphatic carbocycles. The summed E-state index contributed by atoms with van der Waals surface area (Å²) in [6, 6.07) is 11.9. The zero-order chi connectivity index (χ0) is 20.4. The second-order valence-electron chi connectivity index (χ2n) is 6.19. The highest BCUT2D eigenvalue weighted by atomic mass is 32.1. The molecule has 2 aromatic carbocycles. The van der Waals surface area contributed by atoms with Gasteiger partial charge in [-0.25, -0.2) is 4.68 Å². The monoisotopic (exact) mass is 409 g/mol. The molecular formula is C20H19N5O3S. The molecule has 0 amide bonds. The summed E-state index contributed by atoms with van der Waals surface area (Å²) in [5.41, 5.74) is 3.95. The lowest BCUT2D eigenvalue weighted by Gasteiger charge is -2.14. The minimum atomic E-state index is 0.562. The highest BCUT2D eigenvalue weighted by Gasteiger charge is 2.18. The van der Waals surface area contributed by atoms with Gasteiger partial charge in [0.1, 0.15) is 0 Å². The van der Waals surface area contributed by atoms with Crippen LogP contribution >= 0.6 is 11.5 Å². The van der Waals surface area contributed by atoms with Crippen LogP contribution in [-0.2, 0) is 7.05 Å². The molecule has 0 fully saturated rings. The topological polar surface area (TPSA) is 84.2 Å². The Morgan fingerprint density at radius 3 is 2.07 bits per heavy atom. The smallest absolute Gasteiger partial charge is 0.203 e. The summed E-state index contributed by atoms with van der Waals surface area (Å²) in [4.78, 5) is 1.01. The highest BCUT2D eigenvalue weighted by Crippen LogP contribution is 2.44. The molecule has 4 rings (SSSR count). The standard InChI is InChI=1S/C20H19N5O3S/c1-25-20(22-23-24-25)13-7-5-12(6-8-13)15-11-21-29-19(15)14-9-16(26-2)18(28-4)17(10-14)27-3/h5-11H,1-4H3. The van der Waals surface area contributed by atoms with Gasteiger partial charge in [-0.05, 0) is 39.7 Å². The molecule has 0 saturated carbocycles. The van der Waals surface area contributed by atoms with Gasteiger partial charge in [-0.15, -0.1) is 5.10 Å². The molecule has 2 aromatic heterocycles. The van der Waals surface area contributed by atoms with Crippen LogP contribution in [0.15, 0.2) is 42.6 Å². The minimum Gasteiger partial charge on any atom is -0.493 e. The molecule has 0 saturated heterocycles. The molecule has 0 aliphatic rings. The molecule has 4 aromatic rings. The van der Waals surface area contributed by atoms with Crippen LogP contribution in [0, 0.1) is 0 Å². The number of benzene rings is 2. The van der Waals surface area contributed by atoms with E-state index in [1.54, 1.807) is 26.0 Å². The molecule has 0 aliphatic heterocycles. The summed E-state index contributed by atoms with van der Waals surface area (Å²) >= 11 is 1.42. The second-order valence-corrected chi connectivity index (χ2v) is 6.99. The fraction of sp³-hybridized carbons (Fsp3) is 0.200. The maximum atomic E-state index is 5.49. The number of ether oxygens (including phenoxy) is 3. The van der Waals surface area contributed by atoms with Crippen molar-refractivity contribution in [3.05, 3.63) is 42.6 Å². The van der Waals surface area contributed by atoms with Crippen LogP contribution in [-0.4, -0.2) is 45.9 Å². The Balaban J connectivity index is 1.75. The van der Waals surface area contributed by atoms with Crippen molar-refractivity contribution in [3.63, 3.8) is 0 Å². The Morgan fingerprint density at radius 1 is 0.862 bits per heavy atom. The van der Waals surface area contributed by atoms with Crippen molar-refractivity contribution in [3.8, 4) is 50.2 Å². The molecule has 0 spiro atoms. The maximum absolute atomic E-state index is 5.49. The van der Waals surface area contributed by atoms with Crippen molar-refractivity contribution in [2.75, 3.05) is 21.3 Å². The van der Waals surface area contributed by atoms with Gasteiger partial charge in [0.25, 0.3) is 0 Å². The lowest BCUT2D eigenvalue weighted by molar-refractivity contribution is 0.324. The van der Waals surface area contributed by atoms with Gasteiger partial charge in [0, 0.05) is 29.9 Å². The molecule has 0 bridgehead atoms. The first kappa shape index (κ1) is 18.9. The molecule has 8 nitrogen and oxygen atoms in total. The number of hydrogen-bond acceptors (Lipinski definition) is 8. The average Bonchev–Trinajstić information content (AvgIpc) is 3.42. The predicted octanol–water partition coefficient (Wildman–Crippen LogP) is 3.69. The summed E-state index contributed by atoms with van der Waals surface area (Å²) in [5.74, 6) is 2.48. The first-order valence-corrected chi connectivity index (χ1v) is 9.51. The van der Waals surface area contributed by atoms with E-state index in [2.05, 4.69) is 19.9 Å². The van der Waals surface area contributed by atoms with Gasteiger partial charge < -0.3 is 14.2 Å². The summed E-state index contributed by atoms with van der Waals surface area (Å²) in [6.07, 6.45) is 1.86. The van der Waals surface area contributed by atoms with Crippen LogP contribution in [0.2, 0.25) is 0 Å². The highest BCUT2D eigenvalue weighted by molar-refractivity contribution is 7.10. The zero-order valence-electron chi connectivity index (χ0n) is 16.4. The van der Waals surface area contributed by atoms with E-state index >= 15 is 0 Å². The molecule has 148 valence electrons. The number of tetrazole rings is 1. The molecule has 2 heterocycles. The SMILES string of the molecule is COc1cc(-c2sncc2-c2ccc(-c3nnnn3C)cc2)cc(OC)c1OC. The molecule has 29 heavy (non-hydrogen) atoms. The van der Waals surface area contributed by atoms with Crippen molar-refractivity contribution in [2.45, 2.75) is 0 Å². The predicted molar refractivity (Wildman–Crippen MR) is 110 cm³/mol. The summed E-state index contributed by atoms with van der Waals surface area (Å²) in [6.45, 7) is 0. The maximum Gasteiger partial charge on any atom is 0.203 e.